The lowest BCUT2D eigenvalue weighted by molar-refractivity contribution is 0.844. The molecule has 0 fully saturated rings. The summed E-state index contributed by atoms with van der Waals surface area (Å²) >= 11 is 0. The Bertz CT molecular complexity index is 490. The Hall–Kier alpha value is -1.70. The van der Waals surface area contributed by atoms with Crippen LogP contribution in [-0.2, 0) is 6.42 Å². The van der Waals surface area contributed by atoms with Gasteiger partial charge in [0.05, 0.1) is 0 Å². The van der Waals surface area contributed by atoms with E-state index in [1.165, 1.54) is 16.7 Å². The van der Waals surface area contributed by atoms with Crippen molar-refractivity contribution in [2.45, 2.75) is 47.0 Å². The molecular formula is C17H24N2. The first-order valence-electron chi connectivity index (χ1n) is 7.13. The number of hydrogen-bond acceptors (Lipinski definition) is 2. The summed E-state index contributed by atoms with van der Waals surface area (Å²) in [6.45, 7) is 10.6. The van der Waals surface area contributed by atoms with Crippen LogP contribution in [0.25, 0.3) is 11.4 Å². The summed E-state index contributed by atoms with van der Waals surface area (Å²) in [4.78, 5) is 8.69. The van der Waals surface area contributed by atoms with Crippen molar-refractivity contribution in [3.8, 4) is 11.4 Å². The van der Waals surface area contributed by atoms with Crippen LogP contribution in [0.2, 0.25) is 0 Å². The topological polar surface area (TPSA) is 25.8 Å². The SMILES string of the molecule is CC.CCc1c(-c2ncccn2)cccc1C(C)C. The highest BCUT2D eigenvalue weighted by molar-refractivity contribution is 5.62. The van der Waals surface area contributed by atoms with Crippen molar-refractivity contribution in [2.24, 2.45) is 0 Å². The third kappa shape index (κ3) is 3.63. The minimum absolute atomic E-state index is 0.536. The average Bonchev–Trinajstić information content (AvgIpc) is 2.49. The summed E-state index contributed by atoms with van der Waals surface area (Å²) in [5.41, 5.74) is 3.94. The van der Waals surface area contributed by atoms with Crippen LogP contribution in [0, 0.1) is 0 Å². The summed E-state index contributed by atoms with van der Waals surface area (Å²) in [6.07, 6.45) is 4.61. The summed E-state index contributed by atoms with van der Waals surface area (Å²) in [6, 6.07) is 8.26. The van der Waals surface area contributed by atoms with Crippen LogP contribution < -0.4 is 0 Å². The van der Waals surface area contributed by atoms with Crippen LogP contribution in [0.1, 0.15) is 51.7 Å². The van der Waals surface area contributed by atoms with Crippen molar-refractivity contribution in [1.82, 2.24) is 9.97 Å². The van der Waals surface area contributed by atoms with Gasteiger partial charge in [0.25, 0.3) is 0 Å². The minimum Gasteiger partial charge on any atom is -0.237 e. The normalized spacial score (nSPS) is 10.0. The van der Waals surface area contributed by atoms with Crippen LogP contribution >= 0.6 is 0 Å². The zero-order chi connectivity index (χ0) is 14.3. The van der Waals surface area contributed by atoms with E-state index in [0.29, 0.717) is 5.92 Å². The predicted octanol–water partition coefficient (Wildman–Crippen LogP) is 4.86. The van der Waals surface area contributed by atoms with Gasteiger partial charge < -0.3 is 0 Å². The fourth-order valence-electron chi connectivity index (χ4n) is 2.19. The monoisotopic (exact) mass is 256 g/mol. The Balaban J connectivity index is 0.000000861. The molecule has 0 atom stereocenters. The lowest BCUT2D eigenvalue weighted by Crippen LogP contribution is -1.99. The molecule has 2 rings (SSSR count). The van der Waals surface area contributed by atoms with E-state index >= 15 is 0 Å². The molecular weight excluding hydrogens is 232 g/mol. The Kier molecular flexibility index (Phi) is 6.20. The van der Waals surface area contributed by atoms with Gasteiger partial charge in [-0.1, -0.05) is 52.8 Å². The summed E-state index contributed by atoms with van der Waals surface area (Å²) < 4.78 is 0. The second kappa shape index (κ2) is 7.67. The van der Waals surface area contributed by atoms with E-state index in [4.69, 9.17) is 0 Å². The van der Waals surface area contributed by atoms with E-state index in [1.807, 2.05) is 19.9 Å². The molecule has 0 spiro atoms. The van der Waals surface area contributed by atoms with E-state index in [-0.39, 0.29) is 0 Å². The molecule has 2 aromatic rings. The zero-order valence-electron chi connectivity index (χ0n) is 12.6. The second-order valence-corrected chi connectivity index (χ2v) is 4.45. The fourth-order valence-corrected chi connectivity index (χ4v) is 2.19. The second-order valence-electron chi connectivity index (χ2n) is 4.45. The van der Waals surface area contributed by atoms with E-state index in [0.717, 1.165) is 12.2 Å². The molecule has 0 bridgehead atoms. The molecule has 0 unspecified atom stereocenters. The van der Waals surface area contributed by atoms with E-state index < -0.39 is 0 Å². The zero-order valence-corrected chi connectivity index (χ0v) is 12.6. The smallest absolute Gasteiger partial charge is 0.159 e. The highest BCUT2D eigenvalue weighted by Crippen LogP contribution is 2.28. The van der Waals surface area contributed by atoms with E-state index in [2.05, 4.69) is 48.9 Å². The first-order chi connectivity index (χ1) is 9.24. The molecule has 0 saturated carbocycles. The Morgan fingerprint density at radius 3 is 2.16 bits per heavy atom. The first kappa shape index (κ1) is 15.4. The van der Waals surface area contributed by atoms with Gasteiger partial charge >= 0.3 is 0 Å². The lowest BCUT2D eigenvalue weighted by atomic mass is 9.91. The van der Waals surface area contributed by atoms with Gasteiger partial charge in [0.1, 0.15) is 0 Å². The molecule has 19 heavy (non-hydrogen) atoms. The van der Waals surface area contributed by atoms with Crippen molar-refractivity contribution in [1.29, 1.82) is 0 Å². The molecule has 0 aliphatic rings. The molecule has 102 valence electrons. The highest BCUT2D eigenvalue weighted by Gasteiger charge is 2.12. The Morgan fingerprint density at radius 1 is 1.00 bits per heavy atom. The van der Waals surface area contributed by atoms with Crippen LogP contribution in [0.5, 0.6) is 0 Å². The molecule has 2 heteroatoms. The van der Waals surface area contributed by atoms with Gasteiger partial charge in [-0.3, -0.25) is 0 Å². The van der Waals surface area contributed by atoms with E-state index in [1.54, 1.807) is 12.4 Å². The Morgan fingerprint density at radius 2 is 1.63 bits per heavy atom. The molecule has 0 radical (unpaired) electrons. The van der Waals surface area contributed by atoms with Crippen molar-refractivity contribution in [2.75, 3.05) is 0 Å². The fraction of sp³-hybridized carbons (Fsp3) is 0.412. The molecule has 2 nitrogen and oxygen atoms in total. The van der Waals surface area contributed by atoms with Gasteiger partial charge in [-0.15, -0.1) is 0 Å². The lowest BCUT2D eigenvalue weighted by Gasteiger charge is -2.15. The third-order valence-corrected chi connectivity index (χ3v) is 2.99. The number of benzene rings is 1. The Labute approximate surface area is 116 Å². The van der Waals surface area contributed by atoms with Crippen molar-refractivity contribution in [3.05, 3.63) is 47.8 Å². The van der Waals surface area contributed by atoms with E-state index in [9.17, 15) is 0 Å². The predicted molar refractivity (Wildman–Crippen MR) is 82.3 cm³/mol. The van der Waals surface area contributed by atoms with Gasteiger partial charge in [0, 0.05) is 18.0 Å². The van der Waals surface area contributed by atoms with Crippen molar-refractivity contribution < 1.29 is 0 Å². The summed E-state index contributed by atoms with van der Waals surface area (Å²) in [7, 11) is 0. The third-order valence-electron chi connectivity index (χ3n) is 2.99. The van der Waals surface area contributed by atoms with Crippen LogP contribution in [0.15, 0.2) is 36.7 Å². The van der Waals surface area contributed by atoms with Gasteiger partial charge in [0.2, 0.25) is 0 Å². The van der Waals surface area contributed by atoms with Crippen molar-refractivity contribution in [3.63, 3.8) is 0 Å². The van der Waals surface area contributed by atoms with Crippen LogP contribution in [0.4, 0.5) is 0 Å². The minimum atomic E-state index is 0.536. The number of hydrogen-bond donors (Lipinski definition) is 0. The number of aromatic nitrogens is 2. The van der Waals surface area contributed by atoms with Gasteiger partial charge in [-0.2, -0.15) is 0 Å². The molecule has 0 amide bonds. The molecule has 0 saturated heterocycles. The highest BCUT2D eigenvalue weighted by atomic mass is 14.9. The molecule has 1 aromatic heterocycles. The van der Waals surface area contributed by atoms with Gasteiger partial charge in [0.15, 0.2) is 5.82 Å². The quantitative estimate of drug-likeness (QED) is 0.784. The van der Waals surface area contributed by atoms with Crippen LogP contribution in [0.3, 0.4) is 0 Å². The standard InChI is InChI=1S/C15H18N2.C2H6/c1-4-12-13(11(2)3)7-5-8-14(12)15-16-9-6-10-17-15;1-2/h5-11H,4H2,1-3H3;1-2H3. The maximum absolute atomic E-state index is 4.35. The molecule has 0 N–H and O–H groups in total. The molecule has 0 aliphatic heterocycles. The number of rotatable bonds is 3. The molecule has 0 aliphatic carbocycles. The summed E-state index contributed by atoms with van der Waals surface area (Å²) in [5, 5.41) is 0. The molecule has 1 heterocycles. The summed E-state index contributed by atoms with van der Waals surface area (Å²) in [5.74, 6) is 1.36. The largest absolute Gasteiger partial charge is 0.237 e. The van der Waals surface area contributed by atoms with Crippen molar-refractivity contribution >= 4 is 0 Å². The molecule has 1 aromatic carbocycles. The van der Waals surface area contributed by atoms with Gasteiger partial charge in [-0.05, 0) is 29.5 Å². The maximum atomic E-state index is 4.35. The van der Waals surface area contributed by atoms with Crippen LogP contribution in [-0.4, -0.2) is 9.97 Å². The number of nitrogens with zero attached hydrogens (tertiary/aromatic N) is 2. The van der Waals surface area contributed by atoms with Gasteiger partial charge in [-0.25, -0.2) is 9.97 Å². The average molecular weight is 256 g/mol. The maximum Gasteiger partial charge on any atom is 0.159 e. The first-order valence-corrected chi connectivity index (χ1v) is 7.13.